The fraction of sp³-hybridized carbons (Fsp3) is 0.333. The fourth-order valence-corrected chi connectivity index (χ4v) is 2.50. The predicted molar refractivity (Wildman–Crippen MR) is 82.1 cm³/mol. The molecule has 106 valence electrons. The van der Waals surface area contributed by atoms with Crippen molar-refractivity contribution in [3.05, 3.63) is 46.7 Å². The van der Waals surface area contributed by atoms with Crippen LogP contribution in [0.2, 0.25) is 0 Å². The second-order valence-corrected chi connectivity index (χ2v) is 5.09. The highest BCUT2D eigenvalue weighted by atomic mass is 32.1. The molecule has 0 bridgehead atoms. The van der Waals surface area contributed by atoms with Crippen molar-refractivity contribution in [2.75, 3.05) is 7.11 Å². The first-order valence-electron chi connectivity index (χ1n) is 6.52. The summed E-state index contributed by atoms with van der Waals surface area (Å²) in [6.07, 6.45) is 0.689. The van der Waals surface area contributed by atoms with E-state index in [1.54, 1.807) is 0 Å². The summed E-state index contributed by atoms with van der Waals surface area (Å²) in [7, 11) is 1.39. The summed E-state index contributed by atoms with van der Waals surface area (Å²) < 4.78 is 4.91. The smallest absolute Gasteiger partial charge is 0.337 e. The quantitative estimate of drug-likeness (QED) is 0.661. The summed E-state index contributed by atoms with van der Waals surface area (Å²) in [5.41, 5.74) is 3.56. The van der Waals surface area contributed by atoms with Gasteiger partial charge in [-0.15, -0.1) is 0 Å². The Morgan fingerprint density at radius 3 is 2.55 bits per heavy atom. The van der Waals surface area contributed by atoms with Crippen molar-refractivity contribution < 1.29 is 9.53 Å². The number of hydrogen-bond donors (Lipinski definition) is 2. The van der Waals surface area contributed by atoms with Crippen molar-refractivity contribution in [1.82, 2.24) is 10.6 Å². The molecule has 0 radical (unpaired) electrons. The minimum atomic E-state index is -0.338. The molecule has 1 unspecified atom stereocenters. The third-order valence-corrected chi connectivity index (χ3v) is 3.54. The molecule has 5 heteroatoms. The number of ether oxygens (including phenoxy) is 1. The molecular weight excluding hydrogens is 272 g/mol. The monoisotopic (exact) mass is 290 g/mol. The molecule has 0 spiro atoms. The van der Waals surface area contributed by atoms with Crippen LogP contribution in [-0.4, -0.2) is 18.2 Å². The van der Waals surface area contributed by atoms with Crippen LogP contribution in [-0.2, 0) is 9.53 Å². The summed E-state index contributed by atoms with van der Waals surface area (Å²) >= 11 is 5.22. The Bertz CT molecular complexity index is 564. The number of rotatable bonds is 3. The molecule has 1 heterocycles. The molecule has 2 N–H and O–H groups in total. The van der Waals surface area contributed by atoms with Gasteiger partial charge in [0.1, 0.15) is 0 Å². The number of esters is 1. The van der Waals surface area contributed by atoms with Gasteiger partial charge in [-0.1, -0.05) is 36.8 Å². The van der Waals surface area contributed by atoms with Gasteiger partial charge in [0.05, 0.1) is 18.7 Å². The Kier molecular flexibility index (Phi) is 4.39. The van der Waals surface area contributed by atoms with Gasteiger partial charge in [-0.05, 0) is 31.1 Å². The van der Waals surface area contributed by atoms with E-state index in [0.29, 0.717) is 17.1 Å². The van der Waals surface area contributed by atoms with E-state index >= 15 is 0 Å². The van der Waals surface area contributed by atoms with Crippen LogP contribution in [0.15, 0.2) is 35.5 Å². The number of benzene rings is 1. The van der Waals surface area contributed by atoms with Gasteiger partial charge in [0.2, 0.25) is 0 Å². The second kappa shape index (κ2) is 6.05. The number of carbonyl (C=O) groups excluding carboxylic acids is 1. The van der Waals surface area contributed by atoms with Crippen LogP contribution in [0.4, 0.5) is 0 Å². The number of aryl methyl sites for hydroxylation is 1. The lowest BCUT2D eigenvalue weighted by atomic mass is 9.94. The molecule has 0 saturated carbocycles. The zero-order chi connectivity index (χ0) is 14.7. The van der Waals surface area contributed by atoms with Crippen LogP contribution in [0.3, 0.4) is 0 Å². The van der Waals surface area contributed by atoms with Crippen LogP contribution in [0.5, 0.6) is 0 Å². The van der Waals surface area contributed by atoms with Gasteiger partial charge in [0.25, 0.3) is 0 Å². The highest BCUT2D eigenvalue weighted by molar-refractivity contribution is 7.80. The van der Waals surface area contributed by atoms with Crippen molar-refractivity contribution in [2.45, 2.75) is 26.3 Å². The van der Waals surface area contributed by atoms with E-state index < -0.39 is 0 Å². The summed E-state index contributed by atoms with van der Waals surface area (Å²) in [6.45, 7) is 4.00. The van der Waals surface area contributed by atoms with Crippen molar-refractivity contribution in [1.29, 1.82) is 0 Å². The van der Waals surface area contributed by atoms with E-state index in [2.05, 4.69) is 10.6 Å². The SMILES string of the molecule is CCC1=C(C(=O)OC)C(c2ccc(C)cc2)NC(=S)N1. The molecule has 20 heavy (non-hydrogen) atoms. The van der Waals surface area contributed by atoms with Crippen LogP contribution >= 0.6 is 12.2 Å². The molecule has 0 aromatic heterocycles. The molecule has 0 fully saturated rings. The molecule has 1 atom stereocenters. The fourth-order valence-electron chi connectivity index (χ4n) is 2.26. The Morgan fingerprint density at radius 2 is 2.00 bits per heavy atom. The summed E-state index contributed by atoms with van der Waals surface area (Å²) in [5, 5.41) is 6.71. The van der Waals surface area contributed by atoms with E-state index in [0.717, 1.165) is 11.3 Å². The number of nitrogens with one attached hydrogen (secondary N) is 2. The Morgan fingerprint density at radius 1 is 1.35 bits per heavy atom. The number of thiocarbonyl (C=S) groups is 1. The Hall–Kier alpha value is -1.88. The minimum absolute atomic E-state index is 0.272. The first kappa shape index (κ1) is 14.5. The van der Waals surface area contributed by atoms with Gasteiger partial charge < -0.3 is 15.4 Å². The van der Waals surface area contributed by atoms with Crippen molar-refractivity contribution in [3.63, 3.8) is 0 Å². The van der Waals surface area contributed by atoms with Gasteiger partial charge in [0.15, 0.2) is 5.11 Å². The van der Waals surface area contributed by atoms with E-state index in [4.69, 9.17) is 17.0 Å². The third kappa shape index (κ3) is 2.82. The minimum Gasteiger partial charge on any atom is -0.466 e. The highest BCUT2D eigenvalue weighted by Gasteiger charge is 2.31. The molecule has 0 saturated heterocycles. The summed E-state index contributed by atoms with van der Waals surface area (Å²) in [6, 6.07) is 7.76. The molecule has 1 aromatic carbocycles. The summed E-state index contributed by atoms with van der Waals surface area (Å²) in [5.74, 6) is -0.338. The number of hydrogen-bond acceptors (Lipinski definition) is 3. The lowest BCUT2D eigenvalue weighted by Crippen LogP contribution is -2.45. The molecule has 1 aliphatic heterocycles. The Labute approximate surface area is 124 Å². The molecule has 1 aromatic rings. The number of carbonyl (C=O) groups is 1. The second-order valence-electron chi connectivity index (χ2n) is 4.68. The van der Waals surface area contributed by atoms with Crippen molar-refractivity contribution in [3.8, 4) is 0 Å². The average Bonchev–Trinajstić information content (AvgIpc) is 2.46. The van der Waals surface area contributed by atoms with E-state index in [1.807, 2.05) is 38.1 Å². The number of methoxy groups -OCH3 is 1. The third-order valence-electron chi connectivity index (χ3n) is 3.32. The van der Waals surface area contributed by atoms with Crippen LogP contribution < -0.4 is 10.6 Å². The maximum atomic E-state index is 12.1. The highest BCUT2D eigenvalue weighted by Crippen LogP contribution is 2.28. The zero-order valence-electron chi connectivity index (χ0n) is 11.8. The van der Waals surface area contributed by atoms with Crippen molar-refractivity contribution in [2.24, 2.45) is 0 Å². The van der Waals surface area contributed by atoms with Crippen LogP contribution in [0.25, 0.3) is 0 Å². The molecular formula is C15H18N2O2S. The van der Waals surface area contributed by atoms with Crippen LogP contribution in [0.1, 0.15) is 30.5 Å². The topological polar surface area (TPSA) is 50.4 Å². The van der Waals surface area contributed by atoms with Gasteiger partial charge in [-0.2, -0.15) is 0 Å². The lowest BCUT2D eigenvalue weighted by Gasteiger charge is -2.30. The molecule has 1 aliphatic rings. The van der Waals surface area contributed by atoms with Gasteiger partial charge in [-0.25, -0.2) is 4.79 Å². The first-order chi connectivity index (χ1) is 9.56. The molecule has 0 amide bonds. The van der Waals surface area contributed by atoms with Gasteiger partial charge >= 0.3 is 5.97 Å². The number of allylic oxidation sites excluding steroid dienone is 1. The first-order valence-corrected chi connectivity index (χ1v) is 6.93. The molecule has 4 nitrogen and oxygen atoms in total. The molecule has 0 aliphatic carbocycles. The van der Waals surface area contributed by atoms with Crippen LogP contribution in [0, 0.1) is 6.92 Å². The normalized spacial score (nSPS) is 18.4. The van der Waals surface area contributed by atoms with E-state index in [1.165, 1.54) is 12.7 Å². The zero-order valence-corrected chi connectivity index (χ0v) is 12.6. The van der Waals surface area contributed by atoms with Crippen molar-refractivity contribution >= 4 is 23.3 Å². The lowest BCUT2D eigenvalue weighted by molar-refractivity contribution is -0.136. The van der Waals surface area contributed by atoms with Gasteiger partial charge in [-0.3, -0.25) is 0 Å². The molecule has 2 rings (SSSR count). The maximum absolute atomic E-state index is 12.1. The van der Waals surface area contributed by atoms with E-state index in [-0.39, 0.29) is 12.0 Å². The largest absolute Gasteiger partial charge is 0.466 e. The van der Waals surface area contributed by atoms with E-state index in [9.17, 15) is 4.79 Å². The summed E-state index contributed by atoms with van der Waals surface area (Å²) in [4.78, 5) is 12.1. The maximum Gasteiger partial charge on any atom is 0.337 e. The average molecular weight is 290 g/mol. The predicted octanol–water partition coefficient (Wildman–Crippen LogP) is 2.35. The Balaban J connectivity index is 2.49. The standard InChI is InChI=1S/C15H18N2O2S/c1-4-11-12(14(18)19-3)13(17-15(20)16-11)10-7-5-9(2)6-8-10/h5-8,13H,4H2,1-3H3,(H2,16,17,20). The van der Waals surface area contributed by atoms with Gasteiger partial charge in [0, 0.05) is 5.70 Å².